The Morgan fingerprint density at radius 3 is 2.59 bits per heavy atom. The molecule has 0 aliphatic carbocycles. The second-order valence-corrected chi connectivity index (χ2v) is 8.73. The lowest BCUT2D eigenvalue weighted by atomic mass is 10.1. The Bertz CT molecular complexity index is 1290. The molecule has 1 fully saturated rings. The molecule has 162 valence electrons. The van der Waals surface area contributed by atoms with Crippen LogP contribution in [0.1, 0.15) is 11.1 Å². The lowest BCUT2D eigenvalue weighted by molar-refractivity contribution is -0.128. The summed E-state index contributed by atoms with van der Waals surface area (Å²) in [6.45, 7) is 0.376. The number of benzene rings is 3. The number of thiocarbonyl (C=S) groups is 1. The van der Waals surface area contributed by atoms with Crippen molar-refractivity contribution in [1.29, 1.82) is 0 Å². The summed E-state index contributed by atoms with van der Waals surface area (Å²) in [7, 11) is 3.07. The van der Waals surface area contributed by atoms with Crippen molar-refractivity contribution in [3.05, 3.63) is 74.9 Å². The minimum atomic E-state index is -0.524. The summed E-state index contributed by atoms with van der Waals surface area (Å²) in [5.74, 6) is 0.131. The molecule has 0 unspecified atom stereocenters. The molecule has 1 heterocycles. The topological polar surface area (TPSA) is 67.9 Å². The van der Waals surface area contributed by atoms with Crippen molar-refractivity contribution >= 4 is 68.6 Å². The molecule has 8 heteroatoms. The number of nitrogens with one attached hydrogen (secondary N) is 1. The fourth-order valence-electron chi connectivity index (χ4n) is 3.36. The van der Waals surface area contributed by atoms with E-state index in [0.29, 0.717) is 23.7 Å². The Morgan fingerprint density at radius 1 is 1.09 bits per heavy atom. The van der Waals surface area contributed by atoms with E-state index in [2.05, 4.69) is 52.2 Å². The molecule has 3 aromatic rings. The first-order valence-corrected chi connectivity index (χ1v) is 11.2. The number of amides is 2. The van der Waals surface area contributed by atoms with E-state index in [1.54, 1.807) is 13.2 Å². The number of halogens is 1. The predicted molar refractivity (Wildman–Crippen MR) is 135 cm³/mol. The molecule has 0 saturated carbocycles. The van der Waals surface area contributed by atoms with Crippen molar-refractivity contribution in [2.24, 2.45) is 0 Å². The van der Waals surface area contributed by atoms with Crippen molar-refractivity contribution in [1.82, 2.24) is 10.2 Å². The number of hydrogen-bond acceptors (Lipinski definition) is 5. The Kier molecular flexibility index (Phi) is 6.43. The molecule has 1 saturated heterocycles. The maximum absolute atomic E-state index is 12.5. The van der Waals surface area contributed by atoms with Gasteiger partial charge in [-0.3, -0.25) is 19.8 Å². The zero-order valence-corrected chi connectivity index (χ0v) is 20.3. The average molecular weight is 558 g/mol. The molecule has 0 spiro atoms. The van der Waals surface area contributed by atoms with Crippen LogP contribution in [-0.4, -0.2) is 36.0 Å². The molecule has 32 heavy (non-hydrogen) atoms. The smallest absolute Gasteiger partial charge is 0.265 e. The van der Waals surface area contributed by atoms with Gasteiger partial charge in [-0.15, -0.1) is 0 Å². The fraction of sp³-hybridized carbons (Fsp3) is 0.125. The Hall–Kier alpha value is -2.98. The maximum Gasteiger partial charge on any atom is 0.265 e. The molecule has 0 bridgehead atoms. The van der Waals surface area contributed by atoms with E-state index < -0.39 is 11.8 Å². The van der Waals surface area contributed by atoms with Gasteiger partial charge >= 0.3 is 0 Å². The van der Waals surface area contributed by atoms with Crippen molar-refractivity contribution < 1.29 is 19.1 Å². The van der Waals surface area contributed by atoms with Crippen molar-refractivity contribution in [3.8, 4) is 11.5 Å². The van der Waals surface area contributed by atoms with E-state index in [9.17, 15) is 9.59 Å². The minimum absolute atomic E-state index is 0.00350. The van der Waals surface area contributed by atoms with Crippen molar-refractivity contribution in [2.75, 3.05) is 14.2 Å². The fourth-order valence-corrected chi connectivity index (χ4v) is 4.32. The van der Waals surface area contributed by atoms with Gasteiger partial charge in [-0.1, -0.05) is 36.4 Å². The lowest BCUT2D eigenvalue weighted by Gasteiger charge is -2.25. The van der Waals surface area contributed by atoms with E-state index in [4.69, 9.17) is 21.7 Å². The van der Waals surface area contributed by atoms with Gasteiger partial charge in [0.25, 0.3) is 11.8 Å². The van der Waals surface area contributed by atoms with Crippen LogP contribution in [0.4, 0.5) is 0 Å². The second kappa shape index (κ2) is 9.25. The standard InChI is InChI=1S/C24H19IN2O4S/c1-27-23(29)18(22(28)26-24(27)32)10-15-11-19(25)21(20(12-15)30-2)31-13-14-7-8-16-5-3-4-6-17(16)9-14/h3-12H,13H2,1-2H3,(H,26,28,32)/b18-10+. The van der Waals surface area contributed by atoms with Crippen molar-refractivity contribution in [2.45, 2.75) is 6.61 Å². The molecule has 1 N–H and O–H groups in total. The van der Waals surface area contributed by atoms with Crippen LogP contribution in [0.5, 0.6) is 11.5 Å². The highest BCUT2D eigenvalue weighted by Gasteiger charge is 2.30. The summed E-state index contributed by atoms with van der Waals surface area (Å²) in [5, 5.41) is 4.92. The summed E-state index contributed by atoms with van der Waals surface area (Å²) in [4.78, 5) is 25.9. The highest BCUT2D eigenvalue weighted by Crippen LogP contribution is 2.35. The molecular weight excluding hydrogens is 539 g/mol. The molecule has 3 aromatic carbocycles. The Morgan fingerprint density at radius 2 is 1.84 bits per heavy atom. The van der Waals surface area contributed by atoms with Gasteiger partial charge in [-0.25, -0.2) is 0 Å². The highest BCUT2D eigenvalue weighted by atomic mass is 127. The molecule has 6 nitrogen and oxygen atoms in total. The number of carbonyl (C=O) groups is 2. The van der Waals surface area contributed by atoms with Gasteiger partial charge in [0.1, 0.15) is 12.2 Å². The van der Waals surface area contributed by atoms with E-state index in [0.717, 1.165) is 14.5 Å². The maximum atomic E-state index is 12.5. The van der Waals surface area contributed by atoms with Gasteiger partial charge in [0.15, 0.2) is 16.6 Å². The SMILES string of the molecule is COc1cc(/C=C2\C(=O)NC(=S)N(C)C2=O)cc(I)c1OCc1ccc2ccccc2c1. The van der Waals surface area contributed by atoms with Crippen molar-refractivity contribution in [3.63, 3.8) is 0 Å². The first kappa shape index (κ1) is 22.2. The molecular formula is C24H19IN2O4S. The minimum Gasteiger partial charge on any atom is -0.493 e. The number of rotatable bonds is 5. The van der Waals surface area contributed by atoms with Gasteiger partial charge in [0.05, 0.1) is 10.7 Å². The summed E-state index contributed by atoms with van der Waals surface area (Å²) < 4.78 is 12.4. The zero-order valence-electron chi connectivity index (χ0n) is 17.3. The number of methoxy groups -OCH3 is 1. The summed E-state index contributed by atoms with van der Waals surface area (Å²) in [6.07, 6.45) is 1.52. The van der Waals surface area contributed by atoms with Gasteiger partial charge in [0.2, 0.25) is 0 Å². The molecule has 2 amide bonds. The number of hydrogen-bond donors (Lipinski definition) is 1. The van der Waals surface area contributed by atoms with Gasteiger partial charge in [-0.2, -0.15) is 0 Å². The molecule has 0 radical (unpaired) electrons. The second-order valence-electron chi connectivity index (χ2n) is 7.19. The third kappa shape index (κ3) is 4.46. The van der Waals surface area contributed by atoms with Gasteiger partial charge in [0, 0.05) is 7.05 Å². The van der Waals surface area contributed by atoms with E-state index in [-0.39, 0.29) is 10.7 Å². The van der Waals surface area contributed by atoms with Crippen LogP contribution < -0.4 is 14.8 Å². The summed E-state index contributed by atoms with van der Waals surface area (Å²) in [5.41, 5.74) is 1.68. The molecule has 0 aromatic heterocycles. The quantitative estimate of drug-likeness (QED) is 0.219. The van der Waals surface area contributed by atoms with Crippen LogP contribution in [0.2, 0.25) is 0 Å². The normalized spacial score (nSPS) is 15.3. The number of nitrogens with zero attached hydrogens (tertiary/aromatic N) is 1. The Balaban J connectivity index is 1.60. The van der Waals surface area contributed by atoms with Crippen LogP contribution >= 0.6 is 34.8 Å². The summed E-state index contributed by atoms with van der Waals surface area (Å²) in [6, 6.07) is 17.9. The van der Waals surface area contributed by atoms with Gasteiger partial charge in [-0.05, 0) is 81.0 Å². The molecule has 1 aliphatic heterocycles. The summed E-state index contributed by atoms with van der Waals surface area (Å²) >= 11 is 7.13. The van der Waals surface area contributed by atoms with Crippen LogP contribution in [0.3, 0.4) is 0 Å². The van der Waals surface area contributed by atoms with Crippen LogP contribution in [-0.2, 0) is 16.2 Å². The first-order chi connectivity index (χ1) is 15.4. The highest BCUT2D eigenvalue weighted by molar-refractivity contribution is 14.1. The number of carbonyl (C=O) groups excluding carboxylic acids is 2. The van der Waals surface area contributed by atoms with Crippen LogP contribution in [0, 0.1) is 3.57 Å². The lowest BCUT2D eigenvalue weighted by Crippen LogP contribution is -2.52. The number of ether oxygens (including phenoxy) is 2. The Labute approximate surface area is 204 Å². The van der Waals surface area contributed by atoms with Crippen LogP contribution in [0.15, 0.2) is 60.2 Å². The molecule has 0 atom stereocenters. The first-order valence-electron chi connectivity index (χ1n) is 9.70. The monoisotopic (exact) mass is 558 g/mol. The molecule has 1 aliphatic rings. The largest absolute Gasteiger partial charge is 0.493 e. The van der Waals surface area contributed by atoms with Gasteiger partial charge < -0.3 is 9.47 Å². The number of likely N-dealkylation sites (N-methyl/N-ethyl adjacent to an activating group) is 1. The van der Waals surface area contributed by atoms with E-state index >= 15 is 0 Å². The van der Waals surface area contributed by atoms with Crippen LogP contribution in [0.25, 0.3) is 16.8 Å². The third-order valence-electron chi connectivity index (χ3n) is 5.06. The predicted octanol–water partition coefficient (Wildman–Crippen LogP) is 4.29. The molecule has 4 rings (SSSR count). The third-order valence-corrected chi connectivity index (χ3v) is 6.24. The average Bonchev–Trinajstić information content (AvgIpc) is 2.79. The number of fused-ring (bicyclic) bond motifs is 1. The zero-order chi connectivity index (χ0) is 22.8. The van der Waals surface area contributed by atoms with E-state index in [1.165, 1.54) is 23.4 Å². The van der Waals surface area contributed by atoms with E-state index in [1.807, 2.05) is 24.3 Å².